The second-order valence-corrected chi connectivity index (χ2v) is 16.1. The molecule has 0 aromatic rings. The average Bonchev–Trinajstić information content (AvgIpc) is 2.91. The first-order valence-electron chi connectivity index (χ1n) is 17.1. The van der Waals surface area contributed by atoms with Crippen LogP contribution in [0.15, 0.2) is 0 Å². The summed E-state index contributed by atoms with van der Waals surface area (Å²) in [4.78, 5) is 34.7. The van der Waals surface area contributed by atoms with Crippen LogP contribution in [0.1, 0.15) is 81.1 Å². The Morgan fingerprint density at radius 1 is 1.07 bits per heavy atom. The molecular weight excluding hydrogens is 574 g/mol. The third kappa shape index (κ3) is 8.86. The van der Waals surface area contributed by atoms with E-state index >= 15 is 0 Å². The number of likely N-dealkylation sites (N-methyl/N-ethyl adjacent to an activating group) is 2. The van der Waals surface area contributed by atoms with Crippen LogP contribution in [0.2, 0.25) is 0 Å². The van der Waals surface area contributed by atoms with Crippen LogP contribution in [-0.2, 0) is 28.5 Å². The molecule has 1 aliphatic carbocycles. The number of aliphatic hydroxyl groups is 1. The molecule has 3 rings (SSSR count). The Morgan fingerprint density at radius 3 is 2.24 bits per heavy atom. The Morgan fingerprint density at radius 2 is 1.69 bits per heavy atom. The molecule has 3 aliphatic rings. The molecule has 45 heavy (non-hydrogen) atoms. The third-order valence-corrected chi connectivity index (χ3v) is 10.9. The number of nitrogens with zero attached hydrogens (tertiary/aromatic N) is 3. The van der Waals surface area contributed by atoms with Gasteiger partial charge in [-0.05, 0) is 99.3 Å². The summed E-state index contributed by atoms with van der Waals surface area (Å²) >= 11 is 0. The highest BCUT2D eigenvalue weighted by Crippen LogP contribution is 2.40. The van der Waals surface area contributed by atoms with Gasteiger partial charge in [-0.25, -0.2) is 0 Å². The Balaban J connectivity index is 1.92. The highest BCUT2D eigenvalue weighted by molar-refractivity contribution is 6.04. The number of esters is 1. The zero-order valence-corrected chi connectivity index (χ0v) is 30.5. The number of ether oxygens (including phenoxy) is 4. The summed E-state index contributed by atoms with van der Waals surface area (Å²) < 4.78 is 25.0. The molecule has 10 heteroatoms. The minimum absolute atomic E-state index is 0.0558. The normalized spacial score (nSPS) is 40.9. The number of carbonyl (C=O) groups is 2. The maximum absolute atomic E-state index is 14.2. The zero-order chi connectivity index (χ0) is 34.0. The summed E-state index contributed by atoms with van der Waals surface area (Å²) in [6.45, 7) is 17.8. The third-order valence-electron chi connectivity index (χ3n) is 10.9. The highest BCUT2D eigenvalue weighted by atomic mass is 16.7. The van der Waals surface area contributed by atoms with E-state index in [1.807, 2.05) is 32.8 Å². The first-order valence-corrected chi connectivity index (χ1v) is 17.1. The maximum Gasteiger partial charge on any atom is 0.319 e. The summed E-state index contributed by atoms with van der Waals surface area (Å²) in [6, 6.07) is 0.421. The van der Waals surface area contributed by atoms with E-state index in [0.717, 1.165) is 25.9 Å². The smallest absolute Gasteiger partial charge is 0.319 e. The van der Waals surface area contributed by atoms with Gasteiger partial charge in [-0.3, -0.25) is 14.5 Å². The van der Waals surface area contributed by atoms with Crippen molar-refractivity contribution in [2.45, 2.75) is 129 Å². The van der Waals surface area contributed by atoms with Crippen LogP contribution in [0.5, 0.6) is 0 Å². The molecule has 0 radical (unpaired) electrons. The van der Waals surface area contributed by atoms with Gasteiger partial charge in [0.2, 0.25) is 0 Å². The molecule has 10 nitrogen and oxygen atoms in total. The molecule has 0 bridgehead atoms. The predicted octanol–water partition coefficient (Wildman–Crippen LogP) is 3.68. The fraction of sp³-hybridized carbons (Fsp3) is 0.943. The molecule has 262 valence electrons. The molecule has 0 unspecified atom stereocenters. The lowest BCUT2D eigenvalue weighted by atomic mass is 9.74. The maximum atomic E-state index is 14.2. The molecule has 2 heterocycles. The van der Waals surface area contributed by atoms with Crippen LogP contribution < -0.4 is 0 Å². The number of carbonyl (C=O) groups excluding carboxylic acids is 2. The SMILES string of the molecule is CO[C@]1(C)C[C@@H](C)CN(C)[C@H]([C@H]2C[C@@H](N(C)CC(C)C)C2)COC(=O)C(C)(C)C(=O)[C@H](C)[C@H]1O[C@@H]1O[C@H](C)C[C@H](N(C)C)[C@H]1O. The zero-order valence-electron chi connectivity index (χ0n) is 30.5. The lowest BCUT2D eigenvalue weighted by Gasteiger charge is -2.48. The molecule has 0 amide bonds. The van der Waals surface area contributed by atoms with Crippen LogP contribution in [0, 0.1) is 29.1 Å². The van der Waals surface area contributed by atoms with E-state index < -0.39 is 41.4 Å². The van der Waals surface area contributed by atoms with Crippen molar-refractivity contribution in [1.29, 1.82) is 0 Å². The van der Waals surface area contributed by atoms with Crippen molar-refractivity contribution in [3.05, 3.63) is 0 Å². The topological polar surface area (TPSA) is 101 Å². The summed E-state index contributed by atoms with van der Waals surface area (Å²) in [6.07, 6.45) is 0.583. The van der Waals surface area contributed by atoms with E-state index in [2.05, 4.69) is 44.7 Å². The van der Waals surface area contributed by atoms with Crippen molar-refractivity contribution in [2.75, 3.05) is 55.0 Å². The van der Waals surface area contributed by atoms with Gasteiger partial charge in [0.15, 0.2) is 12.1 Å². The van der Waals surface area contributed by atoms with Crippen molar-refractivity contribution in [3.8, 4) is 0 Å². The number of hydrogen-bond acceptors (Lipinski definition) is 10. The molecule has 3 fully saturated rings. The van der Waals surface area contributed by atoms with Gasteiger partial charge in [0.25, 0.3) is 0 Å². The molecule has 1 saturated carbocycles. The molecule has 0 aromatic carbocycles. The van der Waals surface area contributed by atoms with Gasteiger partial charge < -0.3 is 33.9 Å². The Labute approximate surface area is 273 Å². The van der Waals surface area contributed by atoms with Gasteiger partial charge in [0, 0.05) is 44.2 Å². The summed E-state index contributed by atoms with van der Waals surface area (Å²) in [7, 11) is 9.83. The molecule has 0 spiro atoms. The molecule has 2 saturated heterocycles. The molecular formula is C35H65N3O7. The first kappa shape index (κ1) is 38.3. The highest BCUT2D eigenvalue weighted by Gasteiger charge is 2.52. The lowest BCUT2D eigenvalue weighted by molar-refractivity contribution is -0.295. The van der Waals surface area contributed by atoms with Crippen LogP contribution >= 0.6 is 0 Å². The van der Waals surface area contributed by atoms with E-state index in [-0.39, 0.29) is 36.5 Å². The number of aliphatic hydroxyl groups excluding tert-OH is 1. The van der Waals surface area contributed by atoms with Gasteiger partial charge >= 0.3 is 5.97 Å². The van der Waals surface area contributed by atoms with Crippen LogP contribution in [0.3, 0.4) is 0 Å². The van der Waals surface area contributed by atoms with Crippen molar-refractivity contribution < 1.29 is 33.6 Å². The van der Waals surface area contributed by atoms with E-state index in [1.54, 1.807) is 27.9 Å². The van der Waals surface area contributed by atoms with Gasteiger partial charge in [0.05, 0.1) is 17.8 Å². The lowest BCUT2D eigenvalue weighted by Crippen LogP contribution is -2.59. The molecule has 1 N–H and O–H groups in total. The fourth-order valence-corrected chi connectivity index (χ4v) is 8.09. The Bertz CT molecular complexity index is 986. The van der Waals surface area contributed by atoms with E-state index in [0.29, 0.717) is 30.7 Å². The van der Waals surface area contributed by atoms with Crippen molar-refractivity contribution >= 4 is 11.8 Å². The van der Waals surface area contributed by atoms with Gasteiger partial charge in [-0.2, -0.15) is 0 Å². The number of rotatable bonds is 8. The summed E-state index contributed by atoms with van der Waals surface area (Å²) in [5.41, 5.74) is -2.30. The van der Waals surface area contributed by atoms with Crippen molar-refractivity contribution in [3.63, 3.8) is 0 Å². The average molecular weight is 640 g/mol. The number of methoxy groups -OCH3 is 1. The summed E-state index contributed by atoms with van der Waals surface area (Å²) in [5.74, 6) is -0.359. The van der Waals surface area contributed by atoms with Gasteiger partial charge in [-0.1, -0.05) is 27.7 Å². The van der Waals surface area contributed by atoms with Gasteiger partial charge in [0.1, 0.15) is 18.1 Å². The van der Waals surface area contributed by atoms with Crippen LogP contribution in [0.4, 0.5) is 0 Å². The predicted molar refractivity (Wildman–Crippen MR) is 176 cm³/mol. The second-order valence-electron chi connectivity index (χ2n) is 16.1. The number of ketones is 1. The molecule has 2 aliphatic heterocycles. The van der Waals surface area contributed by atoms with Crippen molar-refractivity contribution in [1.82, 2.24) is 14.7 Å². The van der Waals surface area contributed by atoms with Gasteiger partial charge in [-0.15, -0.1) is 0 Å². The second kappa shape index (κ2) is 15.4. The standard InChI is InChI=1S/C35H65N3O7/c1-21(2)18-37(11)26-15-25(16-26)28-20-43-33(41)34(6,7)30(40)24(5)31(35(8,42-13)17-22(3)19-38(28)12)45-32-29(39)27(36(9)10)14-23(4)44-32/h21-29,31-32,39H,14-20H2,1-13H3/t22-,23-,24+,25-,26+,27+,28+,29-,31-,32+,35-/m1/s1. The van der Waals surface area contributed by atoms with Crippen LogP contribution in [0.25, 0.3) is 0 Å². The molecule has 9 atom stereocenters. The Kier molecular flexibility index (Phi) is 13.1. The number of Topliss-reactive ketones (excluding diaryl/α,β-unsaturated/α-hetero) is 1. The number of hydrogen-bond donors (Lipinski definition) is 1. The minimum atomic E-state index is -1.40. The van der Waals surface area contributed by atoms with E-state index in [4.69, 9.17) is 18.9 Å². The fourth-order valence-electron chi connectivity index (χ4n) is 8.09. The quantitative estimate of drug-likeness (QED) is 0.313. The van der Waals surface area contributed by atoms with Crippen LogP contribution in [-0.4, -0.2) is 135 Å². The first-order chi connectivity index (χ1) is 20.8. The largest absolute Gasteiger partial charge is 0.463 e. The number of cyclic esters (lactones) is 1. The Hall–Kier alpha value is -1.14. The summed E-state index contributed by atoms with van der Waals surface area (Å²) in [5, 5.41) is 11.3. The van der Waals surface area contributed by atoms with Crippen molar-refractivity contribution in [2.24, 2.45) is 29.1 Å². The van der Waals surface area contributed by atoms with E-state index in [9.17, 15) is 14.7 Å². The van der Waals surface area contributed by atoms with E-state index in [1.165, 1.54) is 0 Å². The monoisotopic (exact) mass is 639 g/mol. The minimum Gasteiger partial charge on any atom is -0.463 e. The molecule has 0 aromatic heterocycles.